The van der Waals surface area contributed by atoms with E-state index in [0.717, 1.165) is 68.2 Å². The fourth-order valence-corrected chi connectivity index (χ4v) is 5.23. The lowest BCUT2D eigenvalue weighted by Gasteiger charge is -2.14. The van der Waals surface area contributed by atoms with Crippen molar-refractivity contribution in [2.24, 2.45) is 5.14 Å². The Labute approximate surface area is 267 Å². The van der Waals surface area contributed by atoms with E-state index in [-0.39, 0.29) is 17.3 Å². The van der Waals surface area contributed by atoms with Gasteiger partial charge in [-0.1, -0.05) is 60.9 Å². The molecule has 0 amide bonds. The molecule has 3 aromatic rings. The fraction of sp³-hybridized carbons (Fsp3) is 0.400. The number of rotatable bonds is 20. The smallest absolute Gasteiger partial charge is 0.331 e. The first-order valence-corrected chi connectivity index (χ1v) is 17.0. The van der Waals surface area contributed by atoms with Crippen molar-refractivity contribution < 1.29 is 32.9 Å². The number of hydrogen-bond acceptors (Lipinski definition) is 8. The van der Waals surface area contributed by atoms with Gasteiger partial charge < -0.3 is 25.0 Å². The van der Waals surface area contributed by atoms with Gasteiger partial charge in [-0.25, -0.2) is 18.4 Å². The summed E-state index contributed by atoms with van der Waals surface area (Å²) < 4.78 is 33.9. The molecule has 10 heteroatoms. The highest BCUT2D eigenvalue weighted by atomic mass is 32.2. The number of benzene rings is 3. The molecule has 0 unspecified atom stereocenters. The van der Waals surface area contributed by atoms with Crippen LogP contribution in [-0.4, -0.2) is 50.9 Å². The fourth-order valence-electron chi connectivity index (χ4n) is 4.64. The Hall–Kier alpha value is -3.54. The molecule has 0 aromatic heterocycles. The van der Waals surface area contributed by atoms with Gasteiger partial charge in [0.2, 0.25) is 10.0 Å². The van der Waals surface area contributed by atoms with Crippen LogP contribution in [0.1, 0.15) is 72.4 Å². The van der Waals surface area contributed by atoms with E-state index in [1.54, 1.807) is 30.3 Å². The van der Waals surface area contributed by atoms with E-state index in [1.165, 1.54) is 18.2 Å². The molecule has 0 aliphatic rings. The molecule has 3 aromatic carbocycles. The monoisotopic (exact) mass is 638 g/mol. The highest BCUT2D eigenvalue weighted by molar-refractivity contribution is 7.89. The third kappa shape index (κ3) is 14.0. The molecule has 0 heterocycles. The molecule has 0 saturated heterocycles. The Morgan fingerprint density at radius 3 is 2.44 bits per heavy atom. The minimum absolute atomic E-state index is 0.00587. The summed E-state index contributed by atoms with van der Waals surface area (Å²) in [5, 5.41) is 29.3. The largest absolute Gasteiger partial charge is 0.508 e. The van der Waals surface area contributed by atoms with Crippen LogP contribution in [0.5, 0.6) is 5.75 Å². The first-order valence-electron chi connectivity index (χ1n) is 15.4. The molecule has 5 N–H and O–H groups in total. The number of aryl methyl sites for hydroxylation is 2. The maximum Gasteiger partial charge on any atom is 0.331 e. The summed E-state index contributed by atoms with van der Waals surface area (Å²) in [4.78, 5) is 12.3. The van der Waals surface area contributed by atoms with Gasteiger partial charge in [-0.15, -0.1) is 0 Å². The van der Waals surface area contributed by atoms with E-state index >= 15 is 0 Å². The Morgan fingerprint density at radius 1 is 0.956 bits per heavy atom. The topological polar surface area (TPSA) is 148 Å². The normalized spacial score (nSPS) is 12.4. The van der Waals surface area contributed by atoms with Crippen molar-refractivity contribution in [3.05, 3.63) is 101 Å². The van der Waals surface area contributed by atoms with Gasteiger partial charge in [0.05, 0.1) is 11.0 Å². The van der Waals surface area contributed by atoms with Crippen LogP contribution in [0.15, 0.2) is 77.7 Å². The quantitative estimate of drug-likeness (QED) is 0.0738. The average Bonchev–Trinajstić information content (AvgIpc) is 3.02. The number of aliphatic hydroxyl groups excluding tert-OH is 1. The van der Waals surface area contributed by atoms with Gasteiger partial charge in [0.15, 0.2) is 0 Å². The number of phenolic OH excluding ortho intramolecular Hbond substituents is 1. The van der Waals surface area contributed by atoms with Crippen molar-refractivity contribution in [1.82, 2.24) is 5.32 Å². The van der Waals surface area contributed by atoms with Gasteiger partial charge in [0, 0.05) is 31.4 Å². The number of nitrogens with two attached hydrogens (primary N) is 1. The molecular formula is C35H46N2O7S. The summed E-state index contributed by atoms with van der Waals surface area (Å²) in [6.45, 7) is 4.45. The molecular weight excluding hydrogens is 592 g/mol. The molecule has 0 bridgehead atoms. The molecule has 0 fully saturated rings. The lowest BCUT2D eigenvalue weighted by atomic mass is 10.1. The predicted octanol–water partition coefficient (Wildman–Crippen LogP) is 5.33. The number of ether oxygens (including phenoxy) is 2. The maximum atomic E-state index is 12.1. The number of aromatic hydroxyl groups is 1. The minimum atomic E-state index is -3.67. The van der Waals surface area contributed by atoms with Crippen LogP contribution in [0.25, 0.3) is 6.08 Å². The van der Waals surface area contributed by atoms with Gasteiger partial charge in [-0.3, -0.25) is 0 Å². The van der Waals surface area contributed by atoms with E-state index in [2.05, 4.69) is 5.32 Å². The molecule has 0 radical (unpaired) electrons. The number of carbonyl (C=O) groups excluding carboxylic acids is 1. The standard InChI is InChI=1S/C35H46N2O7S/c1-27-12-14-28(15-13-27)16-19-35(40)44-26-31-24-30(17-18-33(31)38)34(39)25-37-20-5-2-3-6-21-43-22-7-4-9-29-10-8-11-32(23-29)45(36,41)42/h8,10-19,23-24,34,37-39H,2-7,9,20-22,25-26H2,1H3,(H2,36,41,42)/t34-/m0/s1. The summed E-state index contributed by atoms with van der Waals surface area (Å²) in [6, 6.07) is 19.3. The number of phenols is 1. The van der Waals surface area contributed by atoms with Crippen LogP contribution >= 0.6 is 0 Å². The summed E-state index contributed by atoms with van der Waals surface area (Å²) in [5.41, 5.74) is 4.05. The van der Waals surface area contributed by atoms with E-state index < -0.39 is 22.1 Å². The van der Waals surface area contributed by atoms with Crippen molar-refractivity contribution in [2.75, 3.05) is 26.3 Å². The van der Waals surface area contributed by atoms with Gasteiger partial charge >= 0.3 is 5.97 Å². The molecule has 1 atom stereocenters. The number of carbonyl (C=O) groups is 1. The maximum absolute atomic E-state index is 12.1. The number of hydrogen-bond donors (Lipinski definition) is 4. The summed E-state index contributed by atoms with van der Waals surface area (Å²) in [5.74, 6) is -0.510. The second-order valence-corrected chi connectivity index (χ2v) is 12.7. The van der Waals surface area contributed by atoms with Crippen LogP contribution in [0.4, 0.5) is 0 Å². The van der Waals surface area contributed by atoms with Crippen molar-refractivity contribution in [3.63, 3.8) is 0 Å². The lowest BCUT2D eigenvalue weighted by molar-refractivity contribution is -0.138. The second-order valence-electron chi connectivity index (χ2n) is 11.1. The van der Waals surface area contributed by atoms with Gasteiger partial charge in [-0.05, 0) is 92.6 Å². The molecule has 0 spiro atoms. The van der Waals surface area contributed by atoms with Crippen LogP contribution < -0.4 is 10.5 Å². The van der Waals surface area contributed by atoms with Gasteiger partial charge in [-0.2, -0.15) is 0 Å². The molecule has 0 aliphatic carbocycles. The second kappa shape index (κ2) is 19.1. The molecule has 0 saturated carbocycles. The van der Waals surface area contributed by atoms with Crippen LogP contribution in [-0.2, 0) is 37.3 Å². The minimum Gasteiger partial charge on any atom is -0.508 e. The third-order valence-corrected chi connectivity index (χ3v) is 8.22. The predicted molar refractivity (Wildman–Crippen MR) is 176 cm³/mol. The van der Waals surface area contributed by atoms with Crippen LogP contribution in [0, 0.1) is 6.92 Å². The van der Waals surface area contributed by atoms with Gasteiger partial charge in [0.1, 0.15) is 12.4 Å². The number of aliphatic hydroxyl groups is 1. The molecule has 9 nitrogen and oxygen atoms in total. The first-order chi connectivity index (χ1) is 21.6. The molecule has 45 heavy (non-hydrogen) atoms. The van der Waals surface area contributed by atoms with Crippen molar-refractivity contribution in [2.45, 2.75) is 69.5 Å². The van der Waals surface area contributed by atoms with E-state index in [4.69, 9.17) is 14.6 Å². The zero-order valence-electron chi connectivity index (χ0n) is 26.0. The van der Waals surface area contributed by atoms with E-state index in [0.29, 0.717) is 30.9 Å². The van der Waals surface area contributed by atoms with Crippen molar-refractivity contribution >= 4 is 22.1 Å². The number of primary sulfonamides is 1. The highest BCUT2D eigenvalue weighted by Crippen LogP contribution is 2.23. The van der Waals surface area contributed by atoms with E-state index in [1.807, 2.05) is 37.3 Å². The molecule has 0 aliphatic heterocycles. The Bertz CT molecular complexity index is 1470. The van der Waals surface area contributed by atoms with Crippen molar-refractivity contribution in [3.8, 4) is 5.75 Å². The zero-order chi connectivity index (χ0) is 32.5. The lowest BCUT2D eigenvalue weighted by Crippen LogP contribution is -2.22. The Kier molecular flexibility index (Phi) is 15.2. The number of nitrogens with one attached hydrogen (secondary N) is 1. The Morgan fingerprint density at radius 2 is 1.69 bits per heavy atom. The van der Waals surface area contributed by atoms with Crippen LogP contribution in [0.3, 0.4) is 0 Å². The van der Waals surface area contributed by atoms with Crippen molar-refractivity contribution in [1.29, 1.82) is 0 Å². The molecule has 3 rings (SSSR count). The average molecular weight is 639 g/mol. The Balaban J connectivity index is 1.21. The highest BCUT2D eigenvalue weighted by Gasteiger charge is 2.12. The summed E-state index contributed by atoms with van der Waals surface area (Å²) >= 11 is 0. The number of sulfonamides is 1. The van der Waals surface area contributed by atoms with Gasteiger partial charge in [0.25, 0.3) is 0 Å². The SMILES string of the molecule is Cc1ccc(C=CC(=O)OCc2cc([C@@H](O)CNCCCCCCOCCCCc3cccc(S(N)(=O)=O)c3)ccc2O)cc1. The van der Waals surface area contributed by atoms with Crippen LogP contribution in [0.2, 0.25) is 0 Å². The summed E-state index contributed by atoms with van der Waals surface area (Å²) in [6.07, 6.45) is 8.96. The van der Waals surface area contributed by atoms with E-state index in [9.17, 15) is 23.4 Å². The summed E-state index contributed by atoms with van der Waals surface area (Å²) in [7, 11) is -3.67. The number of unbranched alkanes of at least 4 members (excludes halogenated alkanes) is 4. The molecule has 244 valence electrons. The zero-order valence-corrected chi connectivity index (χ0v) is 26.8. The third-order valence-electron chi connectivity index (χ3n) is 7.31. The number of esters is 1. The first kappa shape index (κ1) is 35.9.